The van der Waals surface area contributed by atoms with Crippen molar-refractivity contribution in [3.05, 3.63) is 28.8 Å². The van der Waals surface area contributed by atoms with Gasteiger partial charge in [0.05, 0.1) is 0 Å². The average molecular weight is 304 g/mol. The van der Waals surface area contributed by atoms with Crippen LogP contribution in [-0.4, -0.2) is 5.97 Å². The molecule has 2 nitrogen and oxygen atoms in total. The van der Waals surface area contributed by atoms with Gasteiger partial charge in [0.1, 0.15) is 5.75 Å². The largest absolute Gasteiger partial charge is 0.426 e. The van der Waals surface area contributed by atoms with Gasteiger partial charge in [0, 0.05) is 18.1 Å². The second-order valence-electron chi connectivity index (χ2n) is 9.24. The van der Waals surface area contributed by atoms with Crippen molar-refractivity contribution in [1.82, 2.24) is 0 Å². The Labute approximate surface area is 136 Å². The highest BCUT2D eigenvalue weighted by atomic mass is 16.5. The van der Waals surface area contributed by atoms with Gasteiger partial charge in [-0.25, -0.2) is 0 Å². The first-order valence-corrected chi connectivity index (χ1v) is 8.02. The quantitative estimate of drug-likeness (QED) is 0.505. The molecule has 0 fully saturated rings. The van der Waals surface area contributed by atoms with E-state index in [2.05, 4.69) is 74.4 Å². The fraction of sp³-hybridized carbons (Fsp3) is 0.650. The third-order valence-corrected chi connectivity index (χ3v) is 3.82. The van der Waals surface area contributed by atoms with E-state index in [1.54, 1.807) is 0 Å². The summed E-state index contributed by atoms with van der Waals surface area (Å²) in [6.07, 6.45) is 0. The maximum absolute atomic E-state index is 11.6. The number of hydrogen-bond donors (Lipinski definition) is 0. The predicted molar refractivity (Wildman–Crippen MR) is 93.9 cm³/mol. The predicted octanol–water partition coefficient (Wildman–Crippen LogP) is 5.50. The van der Waals surface area contributed by atoms with Crippen molar-refractivity contribution >= 4 is 5.97 Å². The Balaban J connectivity index is 3.81. The van der Waals surface area contributed by atoms with Gasteiger partial charge in [0.25, 0.3) is 0 Å². The maximum atomic E-state index is 11.6. The summed E-state index contributed by atoms with van der Waals surface area (Å²) in [5, 5.41) is 0. The molecule has 0 saturated carbocycles. The first-order valence-electron chi connectivity index (χ1n) is 8.02. The highest BCUT2D eigenvalue weighted by Gasteiger charge is 2.30. The van der Waals surface area contributed by atoms with Gasteiger partial charge in [-0.2, -0.15) is 0 Å². The molecule has 0 unspecified atom stereocenters. The fourth-order valence-electron chi connectivity index (χ4n) is 2.43. The van der Waals surface area contributed by atoms with Crippen LogP contribution in [0.3, 0.4) is 0 Å². The van der Waals surface area contributed by atoms with Gasteiger partial charge in [-0.15, -0.1) is 0 Å². The Morgan fingerprint density at radius 1 is 0.773 bits per heavy atom. The van der Waals surface area contributed by atoms with Crippen LogP contribution < -0.4 is 4.74 Å². The molecule has 0 spiro atoms. The van der Waals surface area contributed by atoms with Crippen molar-refractivity contribution in [1.29, 1.82) is 0 Å². The van der Waals surface area contributed by atoms with Crippen molar-refractivity contribution in [2.45, 2.75) is 85.5 Å². The Kier molecular flexibility index (Phi) is 4.87. The molecule has 1 rings (SSSR count). The number of esters is 1. The molecule has 0 N–H and O–H groups in total. The summed E-state index contributed by atoms with van der Waals surface area (Å²) in [6.45, 7) is 21.1. The van der Waals surface area contributed by atoms with Gasteiger partial charge in [0.2, 0.25) is 0 Å². The highest BCUT2D eigenvalue weighted by molar-refractivity contribution is 5.71. The molecule has 0 aromatic heterocycles. The zero-order chi connectivity index (χ0) is 17.5. The molecule has 0 aliphatic heterocycles. The van der Waals surface area contributed by atoms with E-state index < -0.39 is 0 Å². The number of carbonyl (C=O) groups is 1. The van der Waals surface area contributed by atoms with Crippen LogP contribution in [0.1, 0.15) is 85.9 Å². The lowest BCUT2D eigenvalue weighted by Crippen LogP contribution is -2.23. The lowest BCUT2D eigenvalue weighted by Gasteiger charge is -2.32. The lowest BCUT2D eigenvalue weighted by molar-refractivity contribution is -0.132. The molecule has 0 atom stereocenters. The van der Waals surface area contributed by atoms with Crippen molar-refractivity contribution < 1.29 is 9.53 Å². The molecular weight excluding hydrogens is 272 g/mol. The molecule has 0 radical (unpaired) electrons. The van der Waals surface area contributed by atoms with Crippen LogP contribution in [0.15, 0.2) is 12.1 Å². The molecular formula is C20H32O2. The fourth-order valence-corrected chi connectivity index (χ4v) is 2.43. The van der Waals surface area contributed by atoms with Crippen molar-refractivity contribution in [2.24, 2.45) is 0 Å². The number of rotatable bonds is 1. The van der Waals surface area contributed by atoms with Crippen LogP contribution in [0.4, 0.5) is 0 Å². The molecule has 1 aromatic carbocycles. The number of carbonyl (C=O) groups excluding carboxylic acids is 1. The number of hydrogen-bond acceptors (Lipinski definition) is 2. The maximum Gasteiger partial charge on any atom is 0.308 e. The summed E-state index contributed by atoms with van der Waals surface area (Å²) < 4.78 is 5.66. The molecule has 0 amide bonds. The standard InChI is InChI=1S/C20H32O2/c1-13(21)22-17-15(19(5,6)7)11-14(18(2,3)4)12-16(17)20(8,9)10/h11-12H,1-10H3. The van der Waals surface area contributed by atoms with E-state index >= 15 is 0 Å². The van der Waals surface area contributed by atoms with Gasteiger partial charge >= 0.3 is 5.97 Å². The van der Waals surface area contributed by atoms with Crippen LogP contribution in [-0.2, 0) is 21.0 Å². The van der Waals surface area contributed by atoms with Crippen molar-refractivity contribution in [3.63, 3.8) is 0 Å². The molecule has 2 heteroatoms. The summed E-state index contributed by atoms with van der Waals surface area (Å²) in [4.78, 5) is 11.6. The first kappa shape index (κ1) is 18.7. The highest BCUT2D eigenvalue weighted by Crippen LogP contribution is 2.42. The molecule has 1 aromatic rings. The van der Waals surface area contributed by atoms with Gasteiger partial charge in [-0.05, 0) is 21.8 Å². The van der Waals surface area contributed by atoms with E-state index in [1.165, 1.54) is 12.5 Å². The monoisotopic (exact) mass is 304 g/mol. The minimum absolute atomic E-state index is 0.0504. The van der Waals surface area contributed by atoms with E-state index in [-0.39, 0.29) is 22.2 Å². The molecule has 0 heterocycles. The molecule has 124 valence electrons. The first-order chi connectivity index (χ1) is 9.64. The Morgan fingerprint density at radius 2 is 1.14 bits per heavy atom. The number of ether oxygens (including phenoxy) is 1. The summed E-state index contributed by atoms with van der Waals surface area (Å²) in [5.41, 5.74) is 3.34. The molecule has 0 aliphatic rings. The number of benzene rings is 1. The van der Waals surface area contributed by atoms with Crippen molar-refractivity contribution in [2.75, 3.05) is 0 Å². The topological polar surface area (TPSA) is 26.3 Å². The van der Waals surface area contributed by atoms with Crippen molar-refractivity contribution in [3.8, 4) is 5.75 Å². The van der Waals surface area contributed by atoms with Crippen LogP contribution >= 0.6 is 0 Å². The summed E-state index contributed by atoms with van der Waals surface area (Å²) in [6, 6.07) is 4.40. The van der Waals surface area contributed by atoms with E-state index in [0.29, 0.717) is 0 Å². The molecule has 0 bridgehead atoms. The third kappa shape index (κ3) is 4.34. The van der Waals surface area contributed by atoms with Crippen LogP contribution in [0.25, 0.3) is 0 Å². The normalized spacial score (nSPS) is 13.2. The van der Waals surface area contributed by atoms with Gasteiger partial charge < -0.3 is 4.74 Å². The second kappa shape index (κ2) is 5.72. The van der Waals surface area contributed by atoms with E-state index in [0.717, 1.165) is 16.9 Å². The SMILES string of the molecule is CC(=O)Oc1c(C(C)(C)C)cc(C(C)(C)C)cc1C(C)(C)C. The summed E-state index contributed by atoms with van der Waals surface area (Å²) in [7, 11) is 0. The van der Waals surface area contributed by atoms with Gasteiger partial charge in [-0.1, -0.05) is 74.4 Å². The summed E-state index contributed by atoms with van der Waals surface area (Å²) >= 11 is 0. The Morgan fingerprint density at radius 3 is 1.36 bits per heavy atom. The summed E-state index contributed by atoms with van der Waals surface area (Å²) in [5.74, 6) is 0.472. The minimum Gasteiger partial charge on any atom is -0.426 e. The zero-order valence-electron chi connectivity index (χ0n) is 16.0. The molecule has 0 aliphatic carbocycles. The molecule has 0 saturated heterocycles. The van der Waals surface area contributed by atoms with Crippen LogP contribution in [0, 0.1) is 0 Å². The van der Waals surface area contributed by atoms with Crippen LogP contribution in [0.2, 0.25) is 0 Å². The Bertz CT molecular complexity index is 526. The average Bonchev–Trinajstić information content (AvgIpc) is 2.23. The van der Waals surface area contributed by atoms with E-state index in [4.69, 9.17) is 4.74 Å². The smallest absolute Gasteiger partial charge is 0.308 e. The zero-order valence-corrected chi connectivity index (χ0v) is 16.0. The second-order valence-corrected chi connectivity index (χ2v) is 9.24. The van der Waals surface area contributed by atoms with E-state index in [1.807, 2.05) is 0 Å². The lowest BCUT2D eigenvalue weighted by atomic mass is 9.75. The van der Waals surface area contributed by atoms with Gasteiger partial charge in [-0.3, -0.25) is 4.79 Å². The molecule has 22 heavy (non-hydrogen) atoms. The third-order valence-electron chi connectivity index (χ3n) is 3.82. The van der Waals surface area contributed by atoms with Crippen LogP contribution in [0.5, 0.6) is 5.75 Å². The van der Waals surface area contributed by atoms with Gasteiger partial charge in [0.15, 0.2) is 0 Å². The van der Waals surface area contributed by atoms with E-state index in [9.17, 15) is 4.79 Å². The Hall–Kier alpha value is -1.31. The minimum atomic E-state index is -0.264.